The van der Waals surface area contributed by atoms with Crippen LogP contribution < -0.4 is 10.6 Å². The Hall–Kier alpha value is -2.48. The van der Waals surface area contributed by atoms with Gasteiger partial charge in [0.05, 0.1) is 0 Å². The second-order valence-electron chi connectivity index (χ2n) is 4.01. The Balaban J connectivity index is 2.06. The zero-order valence-electron chi connectivity index (χ0n) is 10.5. The van der Waals surface area contributed by atoms with Gasteiger partial charge in [-0.05, 0) is 23.6 Å². The summed E-state index contributed by atoms with van der Waals surface area (Å²) in [5.41, 5.74) is 0.0155. The molecule has 8 heteroatoms. The van der Waals surface area contributed by atoms with Gasteiger partial charge in [-0.2, -0.15) is 0 Å². The first-order chi connectivity index (χ1) is 9.97. The first-order valence-electron chi connectivity index (χ1n) is 5.76. The van der Waals surface area contributed by atoms with Crippen molar-refractivity contribution in [2.45, 2.75) is 6.04 Å². The topological polar surface area (TPSA) is 78.4 Å². The molecule has 21 heavy (non-hydrogen) atoms. The second kappa shape index (κ2) is 6.31. The predicted molar refractivity (Wildman–Crippen MR) is 73.2 cm³/mol. The van der Waals surface area contributed by atoms with E-state index in [1.165, 1.54) is 17.4 Å². The molecule has 1 unspecified atom stereocenters. The van der Waals surface area contributed by atoms with Crippen LogP contribution in [0.5, 0.6) is 0 Å². The van der Waals surface area contributed by atoms with Crippen LogP contribution in [0.4, 0.5) is 19.3 Å². The molecule has 0 saturated carbocycles. The molecule has 5 nitrogen and oxygen atoms in total. The lowest BCUT2D eigenvalue weighted by Crippen LogP contribution is -2.36. The van der Waals surface area contributed by atoms with Gasteiger partial charge in [0.25, 0.3) is 0 Å². The smallest absolute Gasteiger partial charge is 0.331 e. The molecule has 0 aliphatic carbocycles. The third-order valence-electron chi connectivity index (χ3n) is 2.53. The van der Waals surface area contributed by atoms with Crippen molar-refractivity contribution in [3.05, 3.63) is 52.2 Å². The number of carboxylic acids is 1. The summed E-state index contributed by atoms with van der Waals surface area (Å²) in [5, 5.41) is 15.3. The number of urea groups is 1. The van der Waals surface area contributed by atoms with Crippen LogP contribution in [0.15, 0.2) is 35.7 Å². The molecule has 0 aliphatic heterocycles. The number of hydrogen-bond donors (Lipinski definition) is 3. The zero-order chi connectivity index (χ0) is 15.4. The molecule has 110 valence electrons. The van der Waals surface area contributed by atoms with Gasteiger partial charge in [-0.25, -0.2) is 18.4 Å². The average molecular weight is 312 g/mol. The van der Waals surface area contributed by atoms with Crippen LogP contribution in [0, 0.1) is 11.6 Å². The largest absolute Gasteiger partial charge is 0.479 e. The minimum atomic E-state index is -1.22. The van der Waals surface area contributed by atoms with Crippen molar-refractivity contribution in [1.29, 1.82) is 0 Å². The Labute approximate surface area is 122 Å². The van der Waals surface area contributed by atoms with Crippen molar-refractivity contribution >= 4 is 29.0 Å². The van der Waals surface area contributed by atoms with Crippen LogP contribution in [0.1, 0.15) is 10.9 Å². The van der Waals surface area contributed by atoms with E-state index < -0.39 is 29.7 Å². The molecule has 2 amide bonds. The molecular weight excluding hydrogens is 302 g/mol. The zero-order valence-corrected chi connectivity index (χ0v) is 11.3. The highest BCUT2D eigenvalue weighted by Crippen LogP contribution is 2.19. The second-order valence-corrected chi connectivity index (χ2v) is 4.99. The minimum absolute atomic E-state index is 0.0155. The molecule has 2 rings (SSSR count). The van der Waals surface area contributed by atoms with Crippen molar-refractivity contribution in [2.75, 3.05) is 5.32 Å². The van der Waals surface area contributed by atoms with E-state index >= 15 is 0 Å². The van der Waals surface area contributed by atoms with E-state index in [1.54, 1.807) is 17.5 Å². The molecule has 0 spiro atoms. The predicted octanol–water partition coefficient (Wildman–Crippen LogP) is 2.97. The lowest BCUT2D eigenvalue weighted by Gasteiger charge is -2.13. The fraction of sp³-hybridized carbons (Fsp3) is 0.0769. The highest BCUT2D eigenvalue weighted by molar-refractivity contribution is 7.10. The fourth-order valence-electron chi connectivity index (χ4n) is 1.58. The Bertz CT molecular complexity index is 661. The standard InChI is InChI=1S/C13H10F2N2O3S/c14-8-4-3-7(6-9(8)15)16-13(20)17-11(12(18)19)10-2-1-5-21-10/h1-6,11H,(H,18,19)(H2,16,17,20). The first kappa shape index (κ1) is 14.9. The number of nitrogens with one attached hydrogen (secondary N) is 2. The van der Waals surface area contributed by atoms with E-state index in [0.717, 1.165) is 12.1 Å². The number of halogens is 2. The van der Waals surface area contributed by atoms with Gasteiger partial charge in [0, 0.05) is 16.6 Å². The van der Waals surface area contributed by atoms with Crippen molar-refractivity contribution in [2.24, 2.45) is 0 Å². The maximum absolute atomic E-state index is 13.0. The van der Waals surface area contributed by atoms with Crippen LogP contribution in [-0.2, 0) is 4.79 Å². The molecule has 1 atom stereocenters. The van der Waals surface area contributed by atoms with E-state index in [0.29, 0.717) is 4.88 Å². The number of benzene rings is 1. The number of thiophene rings is 1. The Morgan fingerprint density at radius 2 is 1.95 bits per heavy atom. The van der Waals surface area contributed by atoms with Crippen molar-refractivity contribution < 1.29 is 23.5 Å². The quantitative estimate of drug-likeness (QED) is 0.812. The van der Waals surface area contributed by atoms with Gasteiger partial charge < -0.3 is 15.7 Å². The maximum Gasteiger partial charge on any atom is 0.331 e. The van der Waals surface area contributed by atoms with Crippen LogP contribution in [0.3, 0.4) is 0 Å². The number of carbonyl (C=O) groups is 2. The molecule has 0 aliphatic rings. The van der Waals surface area contributed by atoms with Crippen molar-refractivity contribution in [3.63, 3.8) is 0 Å². The number of anilines is 1. The SMILES string of the molecule is O=C(Nc1ccc(F)c(F)c1)NC(C(=O)O)c1cccs1. The van der Waals surface area contributed by atoms with E-state index in [-0.39, 0.29) is 5.69 Å². The monoisotopic (exact) mass is 312 g/mol. The van der Waals surface area contributed by atoms with Gasteiger partial charge >= 0.3 is 12.0 Å². The molecule has 0 saturated heterocycles. The molecule has 1 aromatic carbocycles. The van der Waals surface area contributed by atoms with Gasteiger partial charge in [0.15, 0.2) is 17.7 Å². The molecule has 0 radical (unpaired) electrons. The summed E-state index contributed by atoms with van der Waals surface area (Å²) in [6.07, 6.45) is 0. The molecule has 1 aromatic heterocycles. The molecule has 1 heterocycles. The van der Waals surface area contributed by atoms with Gasteiger partial charge in [-0.3, -0.25) is 0 Å². The summed E-state index contributed by atoms with van der Waals surface area (Å²) in [6.45, 7) is 0. The van der Waals surface area contributed by atoms with Gasteiger partial charge in [0.2, 0.25) is 0 Å². The third kappa shape index (κ3) is 3.76. The molecule has 2 aromatic rings. The van der Waals surface area contributed by atoms with Crippen LogP contribution in [0.2, 0.25) is 0 Å². The Morgan fingerprint density at radius 1 is 1.19 bits per heavy atom. The number of aliphatic carboxylic acids is 1. The molecular formula is C13H10F2N2O3S. The van der Waals surface area contributed by atoms with Gasteiger partial charge in [-0.1, -0.05) is 6.07 Å². The summed E-state index contributed by atoms with van der Waals surface area (Å²) >= 11 is 1.18. The van der Waals surface area contributed by atoms with Crippen molar-refractivity contribution in [1.82, 2.24) is 5.32 Å². The summed E-state index contributed by atoms with van der Waals surface area (Å²) < 4.78 is 25.8. The van der Waals surface area contributed by atoms with Crippen molar-refractivity contribution in [3.8, 4) is 0 Å². The molecule has 0 fully saturated rings. The maximum atomic E-state index is 13.0. The summed E-state index contributed by atoms with van der Waals surface area (Å²) in [5.74, 6) is -3.37. The minimum Gasteiger partial charge on any atom is -0.479 e. The summed E-state index contributed by atoms with van der Waals surface area (Å²) in [4.78, 5) is 23.3. The molecule has 3 N–H and O–H groups in total. The van der Waals surface area contributed by atoms with Gasteiger partial charge in [-0.15, -0.1) is 11.3 Å². The third-order valence-corrected chi connectivity index (χ3v) is 3.46. The average Bonchev–Trinajstić information content (AvgIpc) is 2.93. The Morgan fingerprint density at radius 3 is 2.52 bits per heavy atom. The lowest BCUT2D eigenvalue weighted by atomic mass is 10.2. The Kier molecular flexibility index (Phi) is 4.49. The van der Waals surface area contributed by atoms with Gasteiger partial charge in [0.1, 0.15) is 0 Å². The summed E-state index contributed by atoms with van der Waals surface area (Å²) in [7, 11) is 0. The van der Waals surface area contributed by atoms with Crippen LogP contribution in [-0.4, -0.2) is 17.1 Å². The van der Waals surface area contributed by atoms with Crippen LogP contribution in [0.25, 0.3) is 0 Å². The fourth-order valence-corrected chi connectivity index (χ4v) is 2.35. The lowest BCUT2D eigenvalue weighted by molar-refractivity contribution is -0.139. The highest BCUT2D eigenvalue weighted by atomic mass is 32.1. The van der Waals surface area contributed by atoms with E-state index in [1.807, 2.05) is 0 Å². The van der Waals surface area contributed by atoms with E-state index in [2.05, 4.69) is 10.6 Å². The number of rotatable bonds is 4. The summed E-state index contributed by atoms with van der Waals surface area (Å²) in [6, 6.07) is 4.01. The molecule has 0 bridgehead atoms. The van der Waals surface area contributed by atoms with E-state index in [9.17, 15) is 18.4 Å². The number of carboxylic acid groups (broad SMARTS) is 1. The number of carbonyl (C=O) groups excluding carboxylic acids is 1. The van der Waals surface area contributed by atoms with E-state index in [4.69, 9.17) is 5.11 Å². The number of hydrogen-bond acceptors (Lipinski definition) is 3. The van der Waals surface area contributed by atoms with Crippen LogP contribution >= 0.6 is 11.3 Å². The highest BCUT2D eigenvalue weighted by Gasteiger charge is 2.23. The number of amides is 2. The normalized spacial score (nSPS) is 11.7. The first-order valence-corrected chi connectivity index (χ1v) is 6.64.